The van der Waals surface area contributed by atoms with E-state index in [2.05, 4.69) is 30.8 Å². The number of carboxylic acids is 1. The third-order valence-electron chi connectivity index (χ3n) is 6.57. The zero-order valence-corrected chi connectivity index (χ0v) is 22.6. The van der Waals surface area contributed by atoms with E-state index >= 15 is 0 Å². The van der Waals surface area contributed by atoms with Gasteiger partial charge in [-0.2, -0.15) is 5.06 Å². The molecule has 1 amide bonds. The van der Waals surface area contributed by atoms with Crippen molar-refractivity contribution in [3.05, 3.63) is 90.0 Å². The third kappa shape index (κ3) is 6.55. The van der Waals surface area contributed by atoms with Crippen LogP contribution in [0.15, 0.2) is 73.3 Å². The Morgan fingerprint density at radius 1 is 0.975 bits per heavy atom. The van der Waals surface area contributed by atoms with Crippen molar-refractivity contribution in [2.75, 3.05) is 34.0 Å². The summed E-state index contributed by atoms with van der Waals surface area (Å²) in [6, 6.07) is 19.5. The molecule has 0 saturated carbocycles. The molecule has 4 rings (SSSR count). The second-order valence-corrected chi connectivity index (χ2v) is 9.08. The molecule has 3 aromatic rings. The summed E-state index contributed by atoms with van der Waals surface area (Å²) in [7, 11) is 2.99. The van der Waals surface area contributed by atoms with Crippen molar-refractivity contribution in [2.24, 2.45) is 0 Å². The third-order valence-corrected chi connectivity index (χ3v) is 6.57. The average molecular weight is 548 g/mol. The molecule has 0 bridgehead atoms. The summed E-state index contributed by atoms with van der Waals surface area (Å²) in [4.78, 5) is 29.8. The SMILES string of the molecule is C=CCON(Cc1c(OC)cc(OCCCC(=O)O)cc1OC)C(=O)OCC1c2ccccc2-c2ccccc21. The first-order valence-electron chi connectivity index (χ1n) is 12.9. The van der Waals surface area contributed by atoms with Crippen LogP contribution >= 0.6 is 0 Å². The molecule has 9 nitrogen and oxygen atoms in total. The Labute approximate surface area is 233 Å². The number of ether oxygens (including phenoxy) is 4. The van der Waals surface area contributed by atoms with E-state index in [1.807, 2.05) is 24.3 Å². The normalized spacial score (nSPS) is 11.8. The molecule has 0 radical (unpaired) electrons. The minimum Gasteiger partial charge on any atom is -0.496 e. The first kappa shape index (κ1) is 28.5. The molecule has 0 aromatic heterocycles. The largest absolute Gasteiger partial charge is 0.496 e. The quantitative estimate of drug-likeness (QED) is 0.153. The average Bonchev–Trinajstić information content (AvgIpc) is 3.29. The lowest BCUT2D eigenvalue weighted by Crippen LogP contribution is -2.32. The van der Waals surface area contributed by atoms with Crippen LogP contribution in [0.2, 0.25) is 0 Å². The van der Waals surface area contributed by atoms with E-state index in [1.165, 1.54) is 20.3 Å². The van der Waals surface area contributed by atoms with Crippen molar-refractivity contribution >= 4 is 12.1 Å². The summed E-state index contributed by atoms with van der Waals surface area (Å²) in [5, 5.41) is 9.95. The molecule has 210 valence electrons. The van der Waals surface area contributed by atoms with Gasteiger partial charge in [-0.3, -0.25) is 9.63 Å². The molecule has 0 fully saturated rings. The molecule has 9 heteroatoms. The maximum atomic E-state index is 13.3. The van der Waals surface area contributed by atoms with Gasteiger partial charge in [0.1, 0.15) is 23.9 Å². The number of hydroxylamine groups is 2. The topological polar surface area (TPSA) is 104 Å². The van der Waals surface area contributed by atoms with Gasteiger partial charge in [0.05, 0.1) is 39.5 Å². The summed E-state index contributed by atoms with van der Waals surface area (Å²) < 4.78 is 22.6. The number of hydrogen-bond acceptors (Lipinski definition) is 7. The Hall–Kier alpha value is -4.50. The van der Waals surface area contributed by atoms with Crippen LogP contribution in [-0.2, 0) is 20.9 Å². The summed E-state index contributed by atoms with van der Waals surface area (Å²) in [5.74, 6) is 0.279. The second kappa shape index (κ2) is 13.5. The van der Waals surface area contributed by atoms with Crippen LogP contribution in [0.4, 0.5) is 4.79 Å². The van der Waals surface area contributed by atoms with Crippen molar-refractivity contribution in [1.29, 1.82) is 0 Å². The van der Waals surface area contributed by atoms with Crippen molar-refractivity contribution in [3.63, 3.8) is 0 Å². The first-order chi connectivity index (χ1) is 19.5. The zero-order valence-electron chi connectivity index (χ0n) is 22.6. The number of rotatable bonds is 14. The van der Waals surface area contributed by atoms with Gasteiger partial charge in [-0.1, -0.05) is 54.6 Å². The predicted molar refractivity (Wildman–Crippen MR) is 149 cm³/mol. The number of fused-ring (bicyclic) bond motifs is 3. The maximum absolute atomic E-state index is 13.3. The number of amides is 1. The van der Waals surface area contributed by atoms with Crippen LogP contribution in [0.25, 0.3) is 11.1 Å². The minimum absolute atomic E-state index is 0.00208. The Kier molecular flexibility index (Phi) is 9.64. The van der Waals surface area contributed by atoms with Crippen LogP contribution in [0.3, 0.4) is 0 Å². The Balaban J connectivity index is 1.50. The van der Waals surface area contributed by atoms with Crippen LogP contribution in [0.1, 0.15) is 35.4 Å². The van der Waals surface area contributed by atoms with E-state index < -0.39 is 12.1 Å². The van der Waals surface area contributed by atoms with E-state index in [1.54, 1.807) is 12.1 Å². The van der Waals surface area contributed by atoms with Crippen LogP contribution in [-0.4, -0.2) is 56.3 Å². The summed E-state index contributed by atoms with van der Waals surface area (Å²) in [6.07, 6.45) is 1.22. The first-order valence-corrected chi connectivity index (χ1v) is 12.9. The maximum Gasteiger partial charge on any atom is 0.434 e. The fraction of sp³-hybridized carbons (Fsp3) is 0.290. The zero-order chi connectivity index (χ0) is 28.5. The van der Waals surface area contributed by atoms with E-state index in [0.29, 0.717) is 29.2 Å². The Morgan fingerprint density at radius 3 is 2.12 bits per heavy atom. The number of carbonyl (C=O) groups is 2. The number of nitrogens with zero attached hydrogens (tertiary/aromatic N) is 1. The van der Waals surface area contributed by atoms with E-state index in [-0.39, 0.29) is 38.7 Å². The van der Waals surface area contributed by atoms with Gasteiger partial charge in [0, 0.05) is 24.5 Å². The molecule has 40 heavy (non-hydrogen) atoms. The van der Waals surface area contributed by atoms with Gasteiger partial charge in [0.25, 0.3) is 0 Å². The van der Waals surface area contributed by atoms with Gasteiger partial charge in [-0.05, 0) is 28.7 Å². The van der Waals surface area contributed by atoms with Crippen LogP contribution in [0, 0.1) is 0 Å². The lowest BCUT2D eigenvalue weighted by atomic mass is 9.98. The van der Waals surface area contributed by atoms with Gasteiger partial charge < -0.3 is 24.1 Å². The minimum atomic E-state index is -0.887. The number of aliphatic carboxylic acids is 1. The van der Waals surface area contributed by atoms with Gasteiger partial charge in [-0.25, -0.2) is 4.79 Å². The molecule has 0 spiro atoms. The van der Waals surface area contributed by atoms with Gasteiger partial charge in [0.15, 0.2) is 0 Å². The highest BCUT2D eigenvalue weighted by molar-refractivity contribution is 5.79. The van der Waals surface area contributed by atoms with Gasteiger partial charge >= 0.3 is 12.1 Å². The Morgan fingerprint density at radius 2 is 1.57 bits per heavy atom. The molecule has 1 aliphatic rings. The highest BCUT2D eigenvalue weighted by Gasteiger charge is 2.30. The number of hydrogen-bond donors (Lipinski definition) is 1. The Bertz CT molecular complexity index is 1280. The lowest BCUT2D eigenvalue weighted by Gasteiger charge is -2.24. The van der Waals surface area contributed by atoms with Gasteiger partial charge in [0.2, 0.25) is 0 Å². The predicted octanol–water partition coefficient (Wildman–Crippen LogP) is 5.82. The van der Waals surface area contributed by atoms with E-state index in [0.717, 1.165) is 27.3 Å². The fourth-order valence-electron chi connectivity index (χ4n) is 4.73. The van der Waals surface area contributed by atoms with Crippen molar-refractivity contribution < 1.29 is 38.5 Å². The number of carboxylic acid groups (broad SMARTS) is 1. The molecule has 1 aliphatic carbocycles. The summed E-state index contributed by atoms with van der Waals surface area (Å²) in [6.45, 7) is 4.08. The highest BCUT2D eigenvalue weighted by atomic mass is 16.7. The number of methoxy groups -OCH3 is 2. The second-order valence-electron chi connectivity index (χ2n) is 9.08. The standard InChI is InChI=1S/C31H33NO8/c1-4-15-40-32(19-26-28(36-2)17-21(18-29(26)37-3)38-16-9-14-30(33)34)31(35)39-20-27-24-12-7-5-10-22(24)23-11-6-8-13-25(23)27/h4-8,10-13,17-18,27H,1,9,14-16,19-20H2,2-3H3,(H,33,34). The fourth-order valence-corrected chi connectivity index (χ4v) is 4.73. The van der Waals surface area contributed by atoms with Crippen molar-refractivity contribution in [2.45, 2.75) is 25.3 Å². The molecule has 3 aromatic carbocycles. The van der Waals surface area contributed by atoms with Crippen molar-refractivity contribution in [3.8, 4) is 28.4 Å². The number of carbonyl (C=O) groups excluding carboxylic acids is 1. The van der Waals surface area contributed by atoms with Crippen LogP contribution < -0.4 is 14.2 Å². The molecular weight excluding hydrogens is 514 g/mol. The molecule has 0 unspecified atom stereocenters. The molecule has 0 saturated heterocycles. The van der Waals surface area contributed by atoms with E-state index in [4.69, 9.17) is 28.9 Å². The molecule has 0 atom stereocenters. The monoisotopic (exact) mass is 547 g/mol. The molecule has 0 heterocycles. The van der Waals surface area contributed by atoms with Gasteiger partial charge in [-0.15, -0.1) is 6.58 Å². The number of benzene rings is 3. The molecule has 1 N–H and O–H groups in total. The smallest absolute Gasteiger partial charge is 0.434 e. The van der Waals surface area contributed by atoms with Crippen LogP contribution in [0.5, 0.6) is 17.2 Å². The van der Waals surface area contributed by atoms with E-state index in [9.17, 15) is 9.59 Å². The van der Waals surface area contributed by atoms with Crippen molar-refractivity contribution in [1.82, 2.24) is 5.06 Å². The summed E-state index contributed by atoms with van der Waals surface area (Å²) >= 11 is 0. The lowest BCUT2D eigenvalue weighted by molar-refractivity contribution is -0.137. The molecule has 0 aliphatic heterocycles. The molecular formula is C31H33NO8. The summed E-state index contributed by atoms with van der Waals surface area (Å²) in [5.41, 5.74) is 5.03. The highest BCUT2D eigenvalue weighted by Crippen LogP contribution is 2.44.